The van der Waals surface area contributed by atoms with Crippen LogP contribution in [0.4, 0.5) is 9.18 Å². The van der Waals surface area contributed by atoms with Crippen LogP contribution < -0.4 is 10.9 Å². The van der Waals surface area contributed by atoms with Gasteiger partial charge in [0.15, 0.2) is 0 Å². The summed E-state index contributed by atoms with van der Waals surface area (Å²) in [7, 11) is 0. The lowest BCUT2D eigenvalue weighted by atomic mass is 9.83. The lowest BCUT2D eigenvalue weighted by molar-refractivity contribution is -0.137. The SMILES string of the molecule is O=C(CC1NC(=O)N(CCc2cccc(F)c2)C1=O)N1C[C@H]2C[C@@H](C1)c1cccc(=O)n1C2. The monoisotopic (exact) mass is 452 g/mol. The molecule has 172 valence electrons. The summed E-state index contributed by atoms with van der Waals surface area (Å²) >= 11 is 0. The molecule has 1 unspecified atom stereocenters. The van der Waals surface area contributed by atoms with E-state index in [1.54, 1.807) is 33.7 Å². The Hall–Kier alpha value is -3.49. The van der Waals surface area contributed by atoms with Crippen molar-refractivity contribution in [2.24, 2.45) is 5.92 Å². The molecule has 3 aliphatic heterocycles. The number of carbonyl (C=O) groups is 3. The Bertz CT molecular complexity index is 1180. The molecule has 4 heterocycles. The first-order valence-electron chi connectivity index (χ1n) is 11.2. The molecule has 3 atom stereocenters. The van der Waals surface area contributed by atoms with Crippen molar-refractivity contribution in [1.29, 1.82) is 0 Å². The number of halogens is 1. The zero-order valence-electron chi connectivity index (χ0n) is 18.1. The van der Waals surface area contributed by atoms with E-state index >= 15 is 0 Å². The topological polar surface area (TPSA) is 91.7 Å². The fourth-order valence-corrected chi connectivity index (χ4v) is 5.26. The van der Waals surface area contributed by atoms with Crippen molar-refractivity contribution in [3.8, 4) is 0 Å². The van der Waals surface area contributed by atoms with Crippen molar-refractivity contribution in [2.75, 3.05) is 19.6 Å². The number of hydrogen-bond acceptors (Lipinski definition) is 4. The first-order chi connectivity index (χ1) is 15.9. The van der Waals surface area contributed by atoms with Gasteiger partial charge in [0, 0.05) is 43.9 Å². The molecule has 0 aliphatic carbocycles. The average molecular weight is 452 g/mol. The Labute approximate surface area is 190 Å². The van der Waals surface area contributed by atoms with Gasteiger partial charge in [-0.2, -0.15) is 0 Å². The number of likely N-dealkylation sites (tertiary alicyclic amines) is 1. The Balaban J connectivity index is 1.21. The van der Waals surface area contributed by atoms with Crippen molar-refractivity contribution in [2.45, 2.75) is 37.8 Å². The van der Waals surface area contributed by atoms with Crippen LogP contribution in [-0.4, -0.2) is 57.9 Å². The molecule has 1 aromatic carbocycles. The van der Waals surface area contributed by atoms with E-state index in [-0.39, 0.29) is 42.1 Å². The summed E-state index contributed by atoms with van der Waals surface area (Å²) in [5, 5.41) is 2.62. The molecular weight excluding hydrogens is 427 g/mol. The molecule has 2 fully saturated rings. The van der Waals surface area contributed by atoms with E-state index in [0.29, 0.717) is 31.6 Å². The van der Waals surface area contributed by atoms with Gasteiger partial charge in [0.25, 0.3) is 11.5 Å². The second-order valence-electron chi connectivity index (χ2n) is 9.07. The van der Waals surface area contributed by atoms with Gasteiger partial charge in [0.05, 0.1) is 6.42 Å². The molecule has 1 N–H and O–H groups in total. The van der Waals surface area contributed by atoms with Gasteiger partial charge < -0.3 is 14.8 Å². The lowest BCUT2D eigenvalue weighted by Crippen LogP contribution is -2.50. The molecule has 1 aromatic heterocycles. The molecule has 5 rings (SSSR count). The molecule has 2 aromatic rings. The number of fused-ring (bicyclic) bond motifs is 4. The van der Waals surface area contributed by atoms with Gasteiger partial charge in [-0.3, -0.25) is 19.3 Å². The molecule has 2 bridgehead atoms. The van der Waals surface area contributed by atoms with Crippen LogP contribution in [0.5, 0.6) is 0 Å². The quantitative estimate of drug-likeness (QED) is 0.696. The lowest BCUT2D eigenvalue weighted by Gasteiger charge is -2.43. The van der Waals surface area contributed by atoms with Crippen LogP contribution in [0, 0.1) is 11.7 Å². The highest BCUT2D eigenvalue weighted by molar-refractivity contribution is 6.05. The maximum Gasteiger partial charge on any atom is 0.324 e. The van der Waals surface area contributed by atoms with Crippen molar-refractivity contribution < 1.29 is 18.8 Å². The maximum atomic E-state index is 13.4. The Kier molecular flexibility index (Phi) is 5.47. The number of carbonyl (C=O) groups excluding carboxylic acids is 3. The van der Waals surface area contributed by atoms with Crippen LogP contribution in [0.1, 0.15) is 30.0 Å². The van der Waals surface area contributed by atoms with E-state index in [9.17, 15) is 23.6 Å². The zero-order chi connectivity index (χ0) is 23.1. The number of nitrogens with one attached hydrogen (secondary N) is 1. The van der Waals surface area contributed by atoms with Gasteiger partial charge in [-0.25, -0.2) is 9.18 Å². The van der Waals surface area contributed by atoms with Crippen molar-refractivity contribution >= 4 is 17.8 Å². The largest absolute Gasteiger partial charge is 0.342 e. The summed E-state index contributed by atoms with van der Waals surface area (Å²) in [6.07, 6.45) is 1.17. The summed E-state index contributed by atoms with van der Waals surface area (Å²) in [5.74, 6) is -0.697. The average Bonchev–Trinajstić information content (AvgIpc) is 3.05. The molecule has 0 radical (unpaired) electrons. The number of rotatable bonds is 5. The van der Waals surface area contributed by atoms with E-state index in [0.717, 1.165) is 17.0 Å². The predicted octanol–water partition coefficient (Wildman–Crippen LogP) is 1.49. The maximum absolute atomic E-state index is 13.4. The fourth-order valence-electron chi connectivity index (χ4n) is 5.26. The highest BCUT2D eigenvalue weighted by atomic mass is 19.1. The highest BCUT2D eigenvalue weighted by Gasteiger charge is 2.41. The number of amides is 4. The Morgan fingerprint density at radius 1 is 1.06 bits per heavy atom. The van der Waals surface area contributed by atoms with Crippen LogP contribution in [0.3, 0.4) is 0 Å². The number of urea groups is 1. The van der Waals surface area contributed by atoms with Crippen molar-refractivity contribution in [1.82, 2.24) is 19.7 Å². The first kappa shape index (κ1) is 21.4. The van der Waals surface area contributed by atoms with Crippen molar-refractivity contribution in [3.05, 3.63) is 69.9 Å². The minimum absolute atomic E-state index is 0.0143. The Morgan fingerprint density at radius 2 is 1.88 bits per heavy atom. The molecule has 4 amide bonds. The second kappa shape index (κ2) is 8.46. The van der Waals surface area contributed by atoms with Gasteiger partial charge >= 0.3 is 6.03 Å². The second-order valence-corrected chi connectivity index (χ2v) is 9.07. The Morgan fingerprint density at radius 3 is 2.70 bits per heavy atom. The van der Waals surface area contributed by atoms with Crippen molar-refractivity contribution in [3.63, 3.8) is 0 Å². The van der Waals surface area contributed by atoms with Gasteiger partial charge in [-0.05, 0) is 42.5 Å². The predicted molar refractivity (Wildman–Crippen MR) is 117 cm³/mol. The summed E-state index contributed by atoms with van der Waals surface area (Å²) in [4.78, 5) is 53.2. The third-order valence-corrected chi connectivity index (χ3v) is 6.83. The number of piperidine rings is 1. The third kappa shape index (κ3) is 4.15. The molecule has 3 aliphatic rings. The summed E-state index contributed by atoms with van der Waals surface area (Å²) < 4.78 is 15.2. The van der Waals surface area contributed by atoms with Crippen LogP contribution in [0.25, 0.3) is 0 Å². The van der Waals surface area contributed by atoms with Gasteiger partial charge in [0.2, 0.25) is 5.91 Å². The minimum atomic E-state index is -0.894. The van der Waals surface area contributed by atoms with Gasteiger partial charge in [-0.1, -0.05) is 18.2 Å². The summed E-state index contributed by atoms with van der Waals surface area (Å²) in [6.45, 7) is 1.74. The normalized spacial score (nSPS) is 24.0. The number of pyridine rings is 1. The third-order valence-electron chi connectivity index (χ3n) is 6.83. The molecular formula is C24H25FN4O4. The smallest absolute Gasteiger partial charge is 0.324 e. The molecule has 0 spiro atoms. The number of aromatic nitrogens is 1. The van der Waals surface area contributed by atoms with E-state index in [4.69, 9.17) is 0 Å². The highest BCUT2D eigenvalue weighted by Crippen LogP contribution is 2.35. The fraction of sp³-hybridized carbons (Fsp3) is 0.417. The van der Waals surface area contributed by atoms with Crippen LogP contribution in [0.15, 0.2) is 47.3 Å². The summed E-state index contributed by atoms with van der Waals surface area (Å²) in [6, 6.07) is 9.86. The first-order valence-corrected chi connectivity index (χ1v) is 11.2. The number of hydrogen-bond donors (Lipinski definition) is 1. The van der Waals surface area contributed by atoms with E-state index < -0.39 is 18.0 Å². The molecule has 8 nitrogen and oxygen atoms in total. The number of imide groups is 1. The van der Waals surface area contributed by atoms with Crippen LogP contribution in [-0.2, 0) is 22.6 Å². The van der Waals surface area contributed by atoms with Gasteiger partial charge in [0.1, 0.15) is 11.9 Å². The molecule has 2 saturated heterocycles. The van der Waals surface area contributed by atoms with Crippen LogP contribution in [0.2, 0.25) is 0 Å². The molecule has 9 heteroatoms. The number of benzene rings is 1. The van der Waals surface area contributed by atoms with Crippen LogP contribution >= 0.6 is 0 Å². The standard InChI is InChI=1S/C24H25FN4O4/c25-18-4-1-3-15(10-18)7-8-28-23(32)19(26-24(28)33)11-22(31)27-12-16-9-17(14-27)20-5-2-6-21(30)29(20)13-16/h1-6,10,16-17,19H,7-9,11-14H2,(H,26,33)/t16-,17+,19?/m1/s1. The number of nitrogens with zero attached hydrogens (tertiary/aromatic N) is 3. The summed E-state index contributed by atoms with van der Waals surface area (Å²) in [5.41, 5.74) is 1.62. The van der Waals surface area contributed by atoms with E-state index in [2.05, 4.69) is 5.32 Å². The minimum Gasteiger partial charge on any atom is -0.342 e. The van der Waals surface area contributed by atoms with Gasteiger partial charge in [-0.15, -0.1) is 0 Å². The molecule has 33 heavy (non-hydrogen) atoms. The van der Waals surface area contributed by atoms with E-state index in [1.807, 2.05) is 6.07 Å². The zero-order valence-corrected chi connectivity index (χ0v) is 18.1. The van der Waals surface area contributed by atoms with E-state index in [1.165, 1.54) is 12.1 Å². The molecule has 0 saturated carbocycles.